The van der Waals surface area contributed by atoms with Crippen molar-refractivity contribution in [2.24, 2.45) is 0 Å². The second kappa shape index (κ2) is 7.51. The number of rotatable bonds is 6. The summed E-state index contributed by atoms with van der Waals surface area (Å²) in [5.74, 6) is -0.0629. The van der Waals surface area contributed by atoms with E-state index >= 15 is 0 Å². The molecule has 18 heavy (non-hydrogen) atoms. The monoisotopic (exact) mass is 314 g/mol. The van der Waals surface area contributed by atoms with Crippen LogP contribution in [0.1, 0.15) is 12.5 Å². The van der Waals surface area contributed by atoms with Gasteiger partial charge in [0, 0.05) is 16.7 Å². The molecule has 0 aliphatic carbocycles. The van der Waals surface area contributed by atoms with Crippen molar-refractivity contribution in [1.82, 2.24) is 4.90 Å². The smallest absolute Gasteiger partial charge is 0.238 e. The minimum atomic E-state index is -0.0629. The molecule has 0 unspecified atom stereocenters. The summed E-state index contributed by atoms with van der Waals surface area (Å²) in [6, 6.07) is 5.69. The van der Waals surface area contributed by atoms with Crippen LogP contribution >= 0.6 is 15.9 Å². The largest absolute Gasteiger partial charge is 0.395 e. The lowest BCUT2D eigenvalue weighted by Gasteiger charge is -2.18. The summed E-state index contributed by atoms with van der Waals surface area (Å²) >= 11 is 3.42. The molecule has 5 heteroatoms. The first-order chi connectivity index (χ1) is 8.56. The van der Waals surface area contributed by atoms with Crippen LogP contribution in [0.4, 0.5) is 5.69 Å². The maximum Gasteiger partial charge on any atom is 0.238 e. The SMILES string of the molecule is CCN(CCO)CC(=O)Nc1ccc(Br)c(C)c1. The molecule has 1 amide bonds. The van der Waals surface area contributed by atoms with E-state index in [4.69, 9.17) is 5.11 Å². The van der Waals surface area contributed by atoms with Gasteiger partial charge in [0.15, 0.2) is 0 Å². The average Bonchev–Trinajstić information content (AvgIpc) is 2.33. The Labute approximate surface area is 116 Å². The molecule has 0 spiro atoms. The number of anilines is 1. The Morgan fingerprint density at radius 3 is 2.78 bits per heavy atom. The molecule has 0 aromatic heterocycles. The number of nitrogens with one attached hydrogen (secondary N) is 1. The van der Waals surface area contributed by atoms with E-state index in [1.807, 2.05) is 36.9 Å². The predicted molar refractivity (Wildman–Crippen MR) is 76.7 cm³/mol. The third-order valence-corrected chi connectivity index (χ3v) is 3.56. The standard InChI is InChI=1S/C13H19BrN2O2/c1-3-16(6-7-17)9-13(18)15-11-4-5-12(14)10(2)8-11/h4-5,8,17H,3,6-7,9H2,1-2H3,(H,15,18). The van der Waals surface area contributed by atoms with Gasteiger partial charge in [-0.25, -0.2) is 0 Å². The molecule has 1 aromatic carbocycles. The van der Waals surface area contributed by atoms with Gasteiger partial charge >= 0.3 is 0 Å². The summed E-state index contributed by atoms with van der Waals surface area (Å²) < 4.78 is 1.02. The van der Waals surface area contributed by atoms with Crippen molar-refractivity contribution in [2.45, 2.75) is 13.8 Å². The zero-order valence-corrected chi connectivity index (χ0v) is 12.3. The van der Waals surface area contributed by atoms with Crippen molar-refractivity contribution < 1.29 is 9.90 Å². The van der Waals surface area contributed by atoms with Crippen LogP contribution in [0.15, 0.2) is 22.7 Å². The zero-order valence-electron chi connectivity index (χ0n) is 10.7. The van der Waals surface area contributed by atoms with Gasteiger partial charge in [-0.1, -0.05) is 22.9 Å². The van der Waals surface area contributed by atoms with Gasteiger partial charge in [0.05, 0.1) is 13.2 Å². The van der Waals surface area contributed by atoms with Crippen molar-refractivity contribution in [2.75, 3.05) is 31.6 Å². The first-order valence-electron chi connectivity index (χ1n) is 5.96. The summed E-state index contributed by atoms with van der Waals surface area (Å²) in [7, 11) is 0. The molecule has 100 valence electrons. The van der Waals surface area contributed by atoms with Crippen LogP contribution in [0.5, 0.6) is 0 Å². The summed E-state index contributed by atoms with van der Waals surface area (Å²) in [6.07, 6.45) is 0. The molecule has 0 saturated carbocycles. The molecule has 0 aliphatic rings. The molecule has 1 rings (SSSR count). The van der Waals surface area contributed by atoms with Crippen LogP contribution in [-0.4, -0.2) is 42.2 Å². The van der Waals surface area contributed by atoms with Gasteiger partial charge < -0.3 is 10.4 Å². The number of aryl methyl sites for hydroxylation is 1. The highest BCUT2D eigenvalue weighted by Gasteiger charge is 2.09. The number of aliphatic hydroxyl groups excluding tert-OH is 1. The average molecular weight is 315 g/mol. The summed E-state index contributed by atoms with van der Waals surface area (Å²) in [6.45, 7) is 5.57. The number of nitrogens with zero attached hydrogens (tertiary/aromatic N) is 1. The van der Waals surface area contributed by atoms with Crippen LogP contribution in [0.3, 0.4) is 0 Å². The molecule has 0 radical (unpaired) electrons. The third kappa shape index (κ3) is 4.76. The Kier molecular flexibility index (Phi) is 6.32. The van der Waals surface area contributed by atoms with Crippen LogP contribution in [-0.2, 0) is 4.79 Å². The van der Waals surface area contributed by atoms with Gasteiger partial charge in [0.25, 0.3) is 0 Å². The fourth-order valence-electron chi connectivity index (χ4n) is 1.62. The van der Waals surface area contributed by atoms with Gasteiger partial charge in [-0.15, -0.1) is 0 Å². The minimum absolute atomic E-state index is 0.0629. The summed E-state index contributed by atoms with van der Waals surface area (Å²) in [5.41, 5.74) is 1.87. The van der Waals surface area contributed by atoms with Crippen LogP contribution in [0, 0.1) is 6.92 Å². The Morgan fingerprint density at radius 2 is 2.22 bits per heavy atom. The number of amides is 1. The van der Waals surface area contributed by atoms with Gasteiger partial charge in [-0.05, 0) is 37.2 Å². The molecular weight excluding hydrogens is 296 g/mol. The molecule has 0 atom stereocenters. The maximum absolute atomic E-state index is 11.8. The second-order valence-electron chi connectivity index (χ2n) is 4.10. The second-order valence-corrected chi connectivity index (χ2v) is 4.96. The molecule has 0 saturated heterocycles. The lowest BCUT2D eigenvalue weighted by molar-refractivity contribution is -0.117. The topological polar surface area (TPSA) is 52.6 Å². The van der Waals surface area contributed by atoms with Gasteiger partial charge in [-0.2, -0.15) is 0 Å². The van der Waals surface area contributed by atoms with E-state index in [2.05, 4.69) is 21.2 Å². The minimum Gasteiger partial charge on any atom is -0.395 e. The third-order valence-electron chi connectivity index (χ3n) is 2.67. The number of halogens is 1. The number of hydrogen-bond donors (Lipinski definition) is 2. The summed E-state index contributed by atoms with van der Waals surface area (Å²) in [4.78, 5) is 13.7. The fraction of sp³-hybridized carbons (Fsp3) is 0.462. The molecule has 0 heterocycles. The van der Waals surface area contributed by atoms with Crippen molar-refractivity contribution >= 4 is 27.5 Å². The van der Waals surface area contributed by atoms with E-state index in [1.54, 1.807) is 0 Å². The molecular formula is C13H19BrN2O2. The van der Waals surface area contributed by atoms with Crippen molar-refractivity contribution in [3.63, 3.8) is 0 Å². The first-order valence-corrected chi connectivity index (χ1v) is 6.75. The van der Waals surface area contributed by atoms with Crippen LogP contribution in [0.2, 0.25) is 0 Å². The predicted octanol–water partition coefficient (Wildman–Crippen LogP) is 2.01. The first kappa shape index (κ1) is 15.1. The van der Waals surface area contributed by atoms with E-state index in [0.717, 1.165) is 22.3 Å². The summed E-state index contributed by atoms with van der Waals surface area (Å²) in [5, 5.41) is 11.7. The molecule has 2 N–H and O–H groups in total. The lowest BCUT2D eigenvalue weighted by Crippen LogP contribution is -2.35. The van der Waals surface area contributed by atoms with Crippen LogP contribution in [0.25, 0.3) is 0 Å². The normalized spacial score (nSPS) is 10.7. The number of likely N-dealkylation sites (N-methyl/N-ethyl adjacent to an activating group) is 1. The molecule has 1 aromatic rings. The number of benzene rings is 1. The maximum atomic E-state index is 11.8. The number of carbonyl (C=O) groups is 1. The quantitative estimate of drug-likeness (QED) is 0.844. The number of carbonyl (C=O) groups excluding carboxylic acids is 1. The van der Waals surface area contributed by atoms with Crippen molar-refractivity contribution in [3.05, 3.63) is 28.2 Å². The number of aliphatic hydroxyl groups is 1. The Balaban J connectivity index is 2.55. The molecule has 0 aliphatic heterocycles. The van der Waals surface area contributed by atoms with Gasteiger partial charge in [0.2, 0.25) is 5.91 Å². The van der Waals surface area contributed by atoms with E-state index in [9.17, 15) is 4.79 Å². The molecule has 0 fully saturated rings. The van der Waals surface area contributed by atoms with Crippen molar-refractivity contribution in [1.29, 1.82) is 0 Å². The Bertz CT molecular complexity index is 410. The Hall–Kier alpha value is -0.910. The number of hydrogen-bond acceptors (Lipinski definition) is 3. The van der Waals surface area contributed by atoms with E-state index in [0.29, 0.717) is 13.1 Å². The van der Waals surface area contributed by atoms with E-state index in [1.165, 1.54) is 0 Å². The lowest BCUT2D eigenvalue weighted by atomic mass is 10.2. The molecule has 0 bridgehead atoms. The van der Waals surface area contributed by atoms with Gasteiger partial charge in [-0.3, -0.25) is 9.69 Å². The fourth-order valence-corrected chi connectivity index (χ4v) is 1.86. The zero-order chi connectivity index (χ0) is 13.5. The highest BCUT2D eigenvalue weighted by molar-refractivity contribution is 9.10. The van der Waals surface area contributed by atoms with E-state index in [-0.39, 0.29) is 12.5 Å². The van der Waals surface area contributed by atoms with Gasteiger partial charge in [0.1, 0.15) is 0 Å². The van der Waals surface area contributed by atoms with Crippen LogP contribution < -0.4 is 5.32 Å². The molecule has 4 nitrogen and oxygen atoms in total. The highest BCUT2D eigenvalue weighted by atomic mass is 79.9. The highest BCUT2D eigenvalue weighted by Crippen LogP contribution is 2.19. The van der Waals surface area contributed by atoms with Crippen molar-refractivity contribution in [3.8, 4) is 0 Å². The Morgan fingerprint density at radius 1 is 1.50 bits per heavy atom. The van der Waals surface area contributed by atoms with E-state index < -0.39 is 0 Å².